The van der Waals surface area contributed by atoms with Crippen LogP contribution in [-0.4, -0.2) is 42.3 Å². The Hall–Kier alpha value is -2.73. The summed E-state index contributed by atoms with van der Waals surface area (Å²) in [7, 11) is 3.07. The molecule has 0 aliphatic rings. The van der Waals surface area contributed by atoms with E-state index in [0.29, 0.717) is 22.6 Å². The highest BCUT2D eigenvalue weighted by molar-refractivity contribution is 5.83. The lowest BCUT2D eigenvalue weighted by Crippen LogP contribution is -2.03. The number of aliphatic hydroxyl groups is 1. The van der Waals surface area contributed by atoms with E-state index < -0.39 is 6.10 Å². The SMILES string of the molecule is COc1ccc(C(O)CN=Cc2ccc(O)cc2O)cc1OC. The molecule has 6 heteroatoms. The van der Waals surface area contributed by atoms with Gasteiger partial charge in [-0.2, -0.15) is 0 Å². The number of aliphatic imine (C=N–C) groups is 1. The Morgan fingerprint density at radius 2 is 1.78 bits per heavy atom. The van der Waals surface area contributed by atoms with Crippen molar-refractivity contribution in [1.82, 2.24) is 0 Å². The highest BCUT2D eigenvalue weighted by Gasteiger charge is 2.11. The van der Waals surface area contributed by atoms with Crippen molar-refractivity contribution in [1.29, 1.82) is 0 Å². The smallest absolute Gasteiger partial charge is 0.161 e. The van der Waals surface area contributed by atoms with Gasteiger partial charge < -0.3 is 24.8 Å². The van der Waals surface area contributed by atoms with E-state index >= 15 is 0 Å². The second-order valence-corrected chi connectivity index (χ2v) is 4.87. The van der Waals surface area contributed by atoms with Crippen LogP contribution < -0.4 is 9.47 Å². The monoisotopic (exact) mass is 317 g/mol. The zero-order chi connectivity index (χ0) is 16.8. The highest BCUT2D eigenvalue weighted by atomic mass is 16.5. The molecule has 122 valence electrons. The zero-order valence-electron chi connectivity index (χ0n) is 12.9. The maximum Gasteiger partial charge on any atom is 0.161 e. The van der Waals surface area contributed by atoms with Gasteiger partial charge in [0.2, 0.25) is 0 Å². The van der Waals surface area contributed by atoms with Crippen molar-refractivity contribution < 1.29 is 24.8 Å². The summed E-state index contributed by atoms with van der Waals surface area (Å²) in [6.45, 7) is 0.121. The number of hydrogen-bond donors (Lipinski definition) is 3. The number of benzene rings is 2. The Balaban J connectivity index is 2.07. The van der Waals surface area contributed by atoms with Gasteiger partial charge in [0.25, 0.3) is 0 Å². The molecule has 6 nitrogen and oxygen atoms in total. The molecule has 2 rings (SSSR count). The second kappa shape index (κ2) is 7.51. The number of methoxy groups -OCH3 is 2. The lowest BCUT2D eigenvalue weighted by atomic mass is 10.1. The number of aromatic hydroxyl groups is 2. The number of nitrogens with zero attached hydrogens (tertiary/aromatic N) is 1. The molecule has 0 aromatic heterocycles. The molecule has 0 saturated carbocycles. The maximum absolute atomic E-state index is 10.2. The molecule has 0 saturated heterocycles. The number of rotatable bonds is 6. The van der Waals surface area contributed by atoms with Crippen molar-refractivity contribution in [3.8, 4) is 23.0 Å². The fourth-order valence-electron chi connectivity index (χ4n) is 2.06. The first-order valence-corrected chi connectivity index (χ1v) is 6.97. The standard InChI is InChI=1S/C17H19NO5/c1-22-16-6-4-11(7-17(16)23-2)15(21)10-18-9-12-3-5-13(19)8-14(12)20/h3-9,15,19-21H,10H2,1-2H3. The molecule has 0 amide bonds. The first-order valence-electron chi connectivity index (χ1n) is 6.97. The molecule has 0 aliphatic carbocycles. The summed E-state index contributed by atoms with van der Waals surface area (Å²) in [5, 5.41) is 29.1. The minimum Gasteiger partial charge on any atom is -0.508 e. The topological polar surface area (TPSA) is 91.5 Å². The van der Waals surface area contributed by atoms with Gasteiger partial charge >= 0.3 is 0 Å². The van der Waals surface area contributed by atoms with E-state index in [9.17, 15) is 15.3 Å². The number of hydrogen-bond acceptors (Lipinski definition) is 6. The van der Waals surface area contributed by atoms with E-state index in [1.54, 1.807) is 25.3 Å². The maximum atomic E-state index is 10.2. The highest BCUT2D eigenvalue weighted by Crippen LogP contribution is 2.30. The molecular formula is C17H19NO5. The van der Waals surface area contributed by atoms with Crippen LogP contribution >= 0.6 is 0 Å². The van der Waals surface area contributed by atoms with Crippen molar-refractivity contribution in [3.63, 3.8) is 0 Å². The quantitative estimate of drug-likeness (QED) is 0.711. The summed E-state index contributed by atoms with van der Waals surface area (Å²) in [5.74, 6) is 1.02. The fourth-order valence-corrected chi connectivity index (χ4v) is 2.06. The summed E-state index contributed by atoms with van der Waals surface area (Å²) in [5.41, 5.74) is 1.11. The lowest BCUT2D eigenvalue weighted by Gasteiger charge is -2.12. The van der Waals surface area contributed by atoms with Crippen LogP contribution in [0.1, 0.15) is 17.2 Å². The van der Waals surface area contributed by atoms with Crippen LogP contribution in [0.3, 0.4) is 0 Å². The average Bonchev–Trinajstić information content (AvgIpc) is 2.56. The van der Waals surface area contributed by atoms with E-state index in [-0.39, 0.29) is 18.0 Å². The van der Waals surface area contributed by atoms with Crippen LogP contribution in [0.25, 0.3) is 0 Å². The minimum atomic E-state index is -0.815. The third kappa shape index (κ3) is 4.14. The van der Waals surface area contributed by atoms with Crippen LogP contribution in [0.5, 0.6) is 23.0 Å². The van der Waals surface area contributed by atoms with Crippen LogP contribution in [0.4, 0.5) is 0 Å². The molecular weight excluding hydrogens is 298 g/mol. The molecule has 0 spiro atoms. The third-order valence-electron chi connectivity index (χ3n) is 3.32. The van der Waals surface area contributed by atoms with Gasteiger partial charge in [0.05, 0.1) is 26.9 Å². The van der Waals surface area contributed by atoms with Gasteiger partial charge in [-0.1, -0.05) is 6.07 Å². The van der Waals surface area contributed by atoms with Gasteiger partial charge in [-0.25, -0.2) is 0 Å². The first-order chi connectivity index (χ1) is 11.0. The molecule has 2 aromatic rings. The van der Waals surface area contributed by atoms with Gasteiger partial charge in [-0.3, -0.25) is 4.99 Å². The van der Waals surface area contributed by atoms with Crippen LogP contribution in [-0.2, 0) is 0 Å². The predicted molar refractivity (Wildman–Crippen MR) is 86.7 cm³/mol. The van der Waals surface area contributed by atoms with Crippen molar-refractivity contribution in [3.05, 3.63) is 47.5 Å². The van der Waals surface area contributed by atoms with E-state index in [2.05, 4.69) is 4.99 Å². The molecule has 0 heterocycles. The van der Waals surface area contributed by atoms with Crippen molar-refractivity contribution >= 4 is 6.21 Å². The van der Waals surface area contributed by atoms with Crippen molar-refractivity contribution in [2.24, 2.45) is 4.99 Å². The van der Waals surface area contributed by atoms with Crippen molar-refractivity contribution in [2.75, 3.05) is 20.8 Å². The number of aliphatic hydroxyl groups excluding tert-OH is 1. The van der Waals surface area contributed by atoms with E-state index in [1.807, 2.05) is 0 Å². The van der Waals surface area contributed by atoms with Crippen molar-refractivity contribution in [2.45, 2.75) is 6.10 Å². The molecule has 0 bridgehead atoms. The zero-order valence-corrected chi connectivity index (χ0v) is 12.9. The van der Waals surface area contributed by atoms with E-state index in [0.717, 1.165) is 0 Å². The number of phenols is 2. The summed E-state index contributed by atoms with van der Waals surface area (Å²) < 4.78 is 10.3. The third-order valence-corrected chi connectivity index (χ3v) is 3.32. The lowest BCUT2D eigenvalue weighted by molar-refractivity contribution is 0.187. The Morgan fingerprint density at radius 1 is 1.04 bits per heavy atom. The van der Waals surface area contributed by atoms with Crippen LogP contribution in [0, 0.1) is 0 Å². The van der Waals surface area contributed by atoms with E-state index in [1.165, 1.54) is 31.5 Å². The summed E-state index contributed by atoms with van der Waals surface area (Å²) in [6.07, 6.45) is 0.629. The Kier molecular flexibility index (Phi) is 5.43. The first kappa shape index (κ1) is 16.6. The number of phenolic OH excluding ortho intramolecular Hbond substituents is 2. The molecule has 0 fully saturated rings. The van der Waals surface area contributed by atoms with Gasteiger partial charge in [-0.05, 0) is 29.8 Å². The Morgan fingerprint density at radius 3 is 2.43 bits per heavy atom. The molecule has 23 heavy (non-hydrogen) atoms. The normalized spacial score (nSPS) is 12.3. The largest absolute Gasteiger partial charge is 0.508 e. The van der Waals surface area contributed by atoms with Gasteiger partial charge in [0.15, 0.2) is 11.5 Å². The Labute approximate surface area is 134 Å². The molecule has 0 aliphatic heterocycles. The summed E-state index contributed by atoms with van der Waals surface area (Å²) >= 11 is 0. The molecule has 2 aromatic carbocycles. The van der Waals surface area contributed by atoms with Crippen LogP contribution in [0.15, 0.2) is 41.4 Å². The molecule has 0 radical (unpaired) electrons. The van der Waals surface area contributed by atoms with E-state index in [4.69, 9.17) is 9.47 Å². The summed E-state index contributed by atoms with van der Waals surface area (Å²) in [4.78, 5) is 4.12. The fraction of sp³-hybridized carbons (Fsp3) is 0.235. The van der Waals surface area contributed by atoms with Crippen LogP contribution in [0.2, 0.25) is 0 Å². The minimum absolute atomic E-state index is 0.0231. The predicted octanol–water partition coefficient (Wildman–Crippen LogP) is 2.27. The van der Waals surface area contributed by atoms with Gasteiger partial charge in [0, 0.05) is 17.8 Å². The molecule has 1 atom stereocenters. The summed E-state index contributed by atoms with van der Waals surface area (Å²) in [6, 6.07) is 9.36. The molecule has 3 N–H and O–H groups in total. The molecule has 1 unspecified atom stereocenters. The Bertz CT molecular complexity index is 699. The average molecular weight is 317 g/mol. The number of ether oxygens (including phenoxy) is 2. The second-order valence-electron chi connectivity index (χ2n) is 4.87. The van der Waals surface area contributed by atoms with Gasteiger partial charge in [-0.15, -0.1) is 0 Å². The van der Waals surface area contributed by atoms with Gasteiger partial charge in [0.1, 0.15) is 11.5 Å².